The third-order valence-electron chi connectivity index (χ3n) is 3.85. The Kier molecular flexibility index (Phi) is 4.07. The molecule has 2 rings (SSSR count). The molecule has 98 valence electrons. The van der Waals surface area contributed by atoms with Gasteiger partial charge < -0.3 is 11.1 Å². The SMILES string of the molecule is Cc1cc(NC(=O)C2(CN)CCCC2)ccc1Br. The summed E-state index contributed by atoms with van der Waals surface area (Å²) in [6, 6.07) is 5.84. The molecule has 1 amide bonds. The van der Waals surface area contributed by atoms with E-state index in [1.54, 1.807) is 0 Å². The van der Waals surface area contributed by atoms with Crippen molar-refractivity contribution >= 4 is 27.5 Å². The van der Waals surface area contributed by atoms with E-state index < -0.39 is 0 Å². The molecule has 1 fully saturated rings. The van der Waals surface area contributed by atoms with Gasteiger partial charge in [0, 0.05) is 16.7 Å². The first-order valence-electron chi connectivity index (χ1n) is 6.35. The number of carbonyl (C=O) groups excluding carboxylic acids is 1. The molecule has 3 N–H and O–H groups in total. The first kappa shape index (κ1) is 13.6. The van der Waals surface area contributed by atoms with Crippen LogP contribution in [-0.2, 0) is 4.79 Å². The lowest BCUT2D eigenvalue weighted by Crippen LogP contribution is -2.40. The molecule has 3 nitrogen and oxygen atoms in total. The highest BCUT2D eigenvalue weighted by Crippen LogP contribution is 2.38. The summed E-state index contributed by atoms with van der Waals surface area (Å²) in [5.41, 5.74) is 7.42. The molecule has 1 aromatic rings. The fourth-order valence-electron chi connectivity index (χ4n) is 2.56. The van der Waals surface area contributed by atoms with Gasteiger partial charge in [-0.05, 0) is 43.5 Å². The summed E-state index contributed by atoms with van der Waals surface area (Å²) in [4.78, 5) is 12.4. The standard InChI is InChI=1S/C14H19BrN2O/c1-10-8-11(4-5-12(10)15)17-13(18)14(9-16)6-2-3-7-14/h4-5,8H,2-3,6-7,9,16H2,1H3,(H,17,18). The topological polar surface area (TPSA) is 55.1 Å². The molecule has 0 atom stereocenters. The Balaban J connectivity index is 2.13. The number of nitrogens with two attached hydrogens (primary N) is 1. The second kappa shape index (κ2) is 5.41. The van der Waals surface area contributed by atoms with Crippen LogP contribution in [0.15, 0.2) is 22.7 Å². The van der Waals surface area contributed by atoms with Gasteiger partial charge >= 0.3 is 0 Å². The molecule has 0 heterocycles. The average molecular weight is 311 g/mol. The van der Waals surface area contributed by atoms with Crippen molar-refractivity contribution in [2.45, 2.75) is 32.6 Å². The summed E-state index contributed by atoms with van der Waals surface area (Å²) < 4.78 is 1.05. The van der Waals surface area contributed by atoms with Gasteiger partial charge in [-0.1, -0.05) is 28.8 Å². The van der Waals surface area contributed by atoms with Crippen LogP contribution in [0.2, 0.25) is 0 Å². The van der Waals surface area contributed by atoms with Crippen molar-refractivity contribution < 1.29 is 4.79 Å². The Labute approximate surface area is 116 Å². The molecule has 0 aromatic heterocycles. The van der Waals surface area contributed by atoms with E-state index in [0.29, 0.717) is 6.54 Å². The van der Waals surface area contributed by atoms with Crippen LogP contribution in [0.4, 0.5) is 5.69 Å². The predicted molar refractivity (Wildman–Crippen MR) is 77.5 cm³/mol. The predicted octanol–water partition coefficient (Wildman–Crippen LogP) is 3.22. The van der Waals surface area contributed by atoms with Crippen LogP contribution in [0, 0.1) is 12.3 Å². The van der Waals surface area contributed by atoms with Gasteiger partial charge in [0.2, 0.25) is 5.91 Å². The van der Waals surface area contributed by atoms with Crippen LogP contribution in [-0.4, -0.2) is 12.5 Å². The smallest absolute Gasteiger partial charge is 0.231 e. The van der Waals surface area contributed by atoms with E-state index in [1.807, 2.05) is 25.1 Å². The van der Waals surface area contributed by atoms with Crippen molar-refractivity contribution in [1.82, 2.24) is 0 Å². The lowest BCUT2D eigenvalue weighted by molar-refractivity contribution is -0.124. The van der Waals surface area contributed by atoms with Crippen LogP contribution in [0.1, 0.15) is 31.2 Å². The minimum absolute atomic E-state index is 0.0734. The maximum Gasteiger partial charge on any atom is 0.231 e. The van der Waals surface area contributed by atoms with Crippen LogP contribution < -0.4 is 11.1 Å². The van der Waals surface area contributed by atoms with Crippen LogP contribution in [0.5, 0.6) is 0 Å². The van der Waals surface area contributed by atoms with E-state index in [0.717, 1.165) is 41.4 Å². The Bertz CT molecular complexity index is 453. The van der Waals surface area contributed by atoms with Crippen molar-refractivity contribution in [2.75, 3.05) is 11.9 Å². The Morgan fingerprint density at radius 2 is 2.11 bits per heavy atom. The molecule has 1 saturated carbocycles. The average Bonchev–Trinajstić information content (AvgIpc) is 2.84. The monoisotopic (exact) mass is 310 g/mol. The number of amides is 1. The number of hydrogen-bond donors (Lipinski definition) is 2. The minimum atomic E-state index is -0.346. The highest BCUT2D eigenvalue weighted by atomic mass is 79.9. The van der Waals surface area contributed by atoms with Gasteiger partial charge in [-0.2, -0.15) is 0 Å². The lowest BCUT2D eigenvalue weighted by atomic mass is 9.85. The van der Waals surface area contributed by atoms with Crippen LogP contribution in [0.3, 0.4) is 0 Å². The zero-order valence-corrected chi connectivity index (χ0v) is 12.2. The summed E-state index contributed by atoms with van der Waals surface area (Å²) in [7, 11) is 0. The van der Waals surface area contributed by atoms with Gasteiger partial charge in [-0.15, -0.1) is 0 Å². The van der Waals surface area contributed by atoms with Gasteiger partial charge in [0.25, 0.3) is 0 Å². The second-order valence-corrected chi connectivity index (χ2v) is 5.96. The summed E-state index contributed by atoms with van der Waals surface area (Å²) in [6.07, 6.45) is 4.02. The number of carbonyl (C=O) groups is 1. The largest absolute Gasteiger partial charge is 0.329 e. The Morgan fingerprint density at radius 1 is 1.44 bits per heavy atom. The van der Waals surface area contributed by atoms with Crippen molar-refractivity contribution in [3.63, 3.8) is 0 Å². The molecule has 0 aliphatic heterocycles. The molecule has 0 radical (unpaired) electrons. The molecular weight excluding hydrogens is 292 g/mol. The Hall–Kier alpha value is -0.870. The molecule has 4 heteroatoms. The first-order valence-corrected chi connectivity index (χ1v) is 7.14. The maximum absolute atomic E-state index is 12.4. The molecular formula is C14H19BrN2O. The summed E-state index contributed by atoms with van der Waals surface area (Å²) in [5, 5.41) is 3.00. The molecule has 0 bridgehead atoms. The lowest BCUT2D eigenvalue weighted by Gasteiger charge is -2.25. The normalized spacial score (nSPS) is 17.7. The van der Waals surface area contributed by atoms with Crippen LogP contribution in [0.25, 0.3) is 0 Å². The Morgan fingerprint density at radius 3 is 2.67 bits per heavy atom. The molecule has 1 aliphatic carbocycles. The van der Waals surface area contributed by atoms with Gasteiger partial charge in [-0.3, -0.25) is 4.79 Å². The van der Waals surface area contributed by atoms with Crippen LogP contribution >= 0.6 is 15.9 Å². The second-order valence-electron chi connectivity index (χ2n) is 5.11. The van der Waals surface area contributed by atoms with Crippen molar-refractivity contribution in [3.05, 3.63) is 28.2 Å². The third-order valence-corrected chi connectivity index (χ3v) is 4.74. The minimum Gasteiger partial charge on any atom is -0.329 e. The molecule has 0 spiro atoms. The maximum atomic E-state index is 12.4. The molecule has 1 aromatic carbocycles. The molecule has 0 unspecified atom stereocenters. The molecule has 18 heavy (non-hydrogen) atoms. The van der Waals surface area contributed by atoms with E-state index in [4.69, 9.17) is 5.73 Å². The first-order chi connectivity index (χ1) is 8.57. The van der Waals surface area contributed by atoms with Crippen molar-refractivity contribution in [2.24, 2.45) is 11.1 Å². The van der Waals surface area contributed by atoms with E-state index in [-0.39, 0.29) is 11.3 Å². The number of anilines is 1. The van der Waals surface area contributed by atoms with Gasteiger partial charge in [0.1, 0.15) is 0 Å². The highest BCUT2D eigenvalue weighted by molar-refractivity contribution is 9.10. The van der Waals surface area contributed by atoms with E-state index in [2.05, 4.69) is 21.2 Å². The van der Waals surface area contributed by atoms with Gasteiger partial charge in [-0.25, -0.2) is 0 Å². The zero-order valence-electron chi connectivity index (χ0n) is 10.6. The number of benzene rings is 1. The van der Waals surface area contributed by atoms with Gasteiger partial charge in [0.05, 0.1) is 5.41 Å². The number of hydrogen-bond acceptors (Lipinski definition) is 2. The van der Waals surface area contributed by atoms with E-state index >= 15 is 0 Å². The third kappa shape index (κ3) is 2.59. The van der Waals surface area contributed by atoms with E-state index in [9.17, 15) is 4.79 Å². The van der Waals surface area contributed by atoms with Crippen molar-refractivity contribution in [3.8, 4) is 0 Å². The summed E-state index contributed by atoms with van der Waals surface area (Å²) in [5.74, 6) is 0.0734. The number of halogens is 1. The molecule has 0 saturated heterocycles. The summed E-state index contributed by atoms with van der Waals surface area (Å²) >= 11 is 3.45. The quantitative estimate of drug-likeness (QED) is 0.900. The van der Waals surface area contributed by atoms with Gasteiger partial charge in [0.15, 0.2) is 0 Å². The van der Waals surface area contributed by atoms with E-state index in [1.165, 1.54) is 0 Å². The fraction of sp³-hybridized carbons (Fsp3) is 0.500. The molecule has 1 aliphatic rings. The van der Waals surface area contributed by atoms with Crippen molar-refractivity contribution in [1.29, 1.82) is 0 Å². The number of nitrogens with one attached hydrogen (secondary N) is 1. The summed E-state index contributed by atoms with van der Waals surface area (Å²) in [6.45, 7) is 2.45. The number of rotatable bonds is 3. The zero-order chi connectivity index (χ0) is 13.2. The number of aryl methyl sites for hydroxylation is 1. The highest BCUT2D eigenvalue weighted by Gasteiger charge is 2.39. The fourth-order valence-corrected chi connectivity index (χ4v) is 2.81.